The summed E-state index contributed by atoms with van der Waals surface area (Å²) in [4.78, 5) is 2.46. The lowest BCUT2D eigenvalue weighted by molar-refractivity contribution is 0.146. The summed E-state index contributed by atoms with van der Waals surface area (Å²) in [6, 6.07) is 0.857. The number of hydrogen-bond acceptors (Lipinski definition) is 1. The van der Waals surface area contributed by atoms with Gasteiger partial charge in [0.25, 0.3) is 0 Å². The highest BCUT2D eigenvalue weighted by atomic mass is 15.1. The second kappa shape index (κ2) is 15.1. The lowest BCUT2D eigenvalue weighted by atomic mass is 9.74. The molecule has 1 fully saturated rings. The Kier molecular flexibility index (Phi) is 13.9. The molecule has 150 valence electrons. The fourth-order valence-corrected chi connectivity index (χ4v) is 4.90. The molecule has 1 nitrogen and oxygen atoms in total. The SMILES string of the molecule is CCCCCCCCC(CCCCCCC)[C@H]1CC[C@@H](N(C)C)CC1. The topological polar surface area (TPSA) is 3.24 Å². The van der Waals surface area contributed by atoms with Crippen LogP contribution in [0.5, 0.6) is 0 Å². The summed E-state index contributed by atoms with van der Waals surface area (Å²) in [5, 5.41) is 0. The van der Waals surface area contributed by atoms with Crippen LogP contribution in [0.15, 0.2) is 0 Å². The predicted molar refractivity (Wildman–Crippen MR) is 114 cm³/mol. The second-order valence-electron chi connectivity index (χ2n) is 9.05. The molecular weight excluding hydrogens is 302 g/mol. The number of nitrogens with zero attached hydrogens (tertiary/aromatic N) is 1. The zero-order valence-electron chi connectivity index (χ0n) is 18.2. The number of rotatable bonds is 15. The van der Waals surface area contributed by atoms with E-state index in [2.05, 4.69) is 32.8 Å². The quantitative estimate of drug-likeness (QED) is 0.272. The van der Waals surface area contributed by atoms with Gasteiger partial charge in [-0.2, -0.15) is 0 Å². The lowest BCUT2D eigenvalue weighted by Crippen LogP contribution is -2.34. The summed E-state index contributed by atoms with van der Waals surface area (Å²) in [7, 11) is 4.54. The van der Waals surface area contributed by atoms with E-state index in [1.807, 2.05) is 0 Å². The van der Waals surface area contributed by atoms with Crippen LogP contribution in [-0.2, 0) is 0 Å². The Hall–Kier alpha value is -0.0400. The van der Waals surface area contributed by atoms with Crippen molar-refractivity contribution < 1.29 is 0 Å². The predicted octanol–water partition coefficient (Wildman–Crippen LogP) is 7.83. The Morgan fingerprint density at radius 1 is 0.640 bits per heavy atom. The van der Waals surface area contributed by atoms with Crippen molar-refractivity contribution in [1.29, 1.82) is 0 Å². The molecule has 0 spiro atoms. The first-order valence-corrected chi connectivity index (χ1v) is 11.8. The minimum atomic E-state index is 0.857. The smallest absolute Gasteiger partial charge is 0.00893 e. The molecule has 0 heterocycles. The van der Waals surface area contributed by atoms with E-state index in [4.69, 9.17) is 0 Å². The first kappa shape index (κ1) is 23.0. The molecular formula is C24H49N. The molecule has 1 heteroatoms. The van der Waals surface area contributed by atoms with E-state index in [9.17, 15) is 0 Å². The molecule has 1 unspecified atom stereocenters. The molecule has 25 heavy (non-hydrogen) atoms. The third-order valence-corrected chi connectivity index (χ3v) is 6.75. The molecule has 1 rings (SSSR count). The van der Waals surface area contributed by atoms with Crippen LogP contribution in [0.25, 0.3) is 0 Å². The standard InChI is InChI=1S/C24H49N/c1-5-7-9-11-13-15-17-22(16-14-12-10-8-6-2)23-18-20-24(21-19-23)25(3)4/h22-24H,5-21H2,1-4H3/t22?,23-,24+. The largest absolute Gasteiger partial charge is 0.306 e. The molecule has 0 aromatic heterocycles. The van der Waals surface area contributed by atoms with Crippen LogP contribution in [-0.4, -0.2) is 25.0 Å². The molecule has 0 amide bonds. The van der Waals surface area contributed by atoms with E-state index in [1.165, 1.54) is 109 Å². The fourth-order valence-electron chi connectivity index (χ4n) is 4.90. The zero-order chi connectivity index (χ0) is 18.3. The van der Waals surface area contributed by atoms with Gasteiger partial charge in [0.2, 0.25) is 0 Å². The van der Waals surface area contributed by atoms with Crippen molar-refractivity contribution in [2.75, 3.05) is 14.1 Å². The summed E-state index contributed by atoms with van der Waals surface area (Å²) in [6.45, 7) is 4.64. The lowest BCUT2D eigenvalue weighted by Gasteiger charge is -2.36. The Labute approximate surface area is 160 Å². The highest BCUT2D eigenvalue weighted by molar-refractivity contribution is 4.81. The Morgan fingerprint density at radius 3 is 1.52 bits per heavy atom. The maximum absolute atomic E-state index is 2.46. The van der Waals surface area contributed by atoms with Crippen molar-refractivity contribution in [2.24, 2.45) is 11.8 Å². The zero-order valence-corrected chi connectivity index (χ0v) is 18.2. The van der Waals surface area contributed by atoms with Gasteiger partial charge < -0.3 is 4.90 Å². The molecule has 0 saturated heterocycles. The van der Waals surface area contributed by atoms with Crippen LogP contribution in [0.2, 0.25) is 0 Å². The Morgan fingerprint density at radius 2 is 1.08 bits per heavy atom. The molecule has 0 N–H and O–H groups in total. The summed E-state index contributed by atoms with van der Waals surface area (Å²) in [5.74, 6) is 2.08. The summed E-state index contributed by atoms with van der Waals surface area (Å²) in [5.41, 5.74) is 0. The van der Waals surface area contributed by atoms with Crippen LogP contribution in [0.3, 0.4) is 0 Å². The first-order valence-electron chi connectivity index (χ1n) is 11.8. The summed E-state index contributed by atoms with van der Waals surface area (Å²) >= 11 is 0. The highest BCUT2D eigenvalue weighted by Crippen LogP contribution is 2.37. The van der Waals surface area contributed by atoms with Gasteiger partial charge in [-0.05, 0) is 51.6 Å². The maximum atomic E-state index is 2.46. The van der Waals surface area contributed by atoms with Crippen molar-refractivity contribution >= 4 is 0 Å². The van der Waals surface area contributed by atoms with Crippen LogP contribution in [0.4, 0.5) is 0 Å². The molecule has 0 radical (unpaired) electrons. The van der Waals surface area contributed by atoms with Crippen LogP contribution >= 0.6 is 0 Å². The molecule has 1 aliphatic rings. The van der Waals surface area contributed by atoms with Gasteiger partial charge >= 0.3 is 0 Å². The molecule has 0 aliphatic heterocycles. The van der Waals surface area contributed by atoms with E-state index in [-0.39, 0.29) is 0 Å². The highest BCUT2D eigenvalue weighted by Gasteiger charge is 2.27. The van der Waals surface area contributed by atoms with Gasteiger partial charge in [-0.15, -0.1) is 0 Å². The third-order valence-electron chi connectivity index (χ3n) is 6.75. The fraction of sp³-hybridized carbons (Fsp3) is 1.00. The van der Waals surface area contributed by atoms with E-state index in [0.29, 0.717) is 0 Å². The summed E-state index contributed by atoms with van der Waals surface area (Å²) < 4.78 is 0. The average molecular weight is 352 g/mol. The first-order chi connectivity index (χ1) is 12.2. The average Bonchev–Trinajstić information content (AvgIpc) is 2.62. The van der Waals surface area contributed by atoms with E-state index >= 15 is 0 Å². The maximum Gasteiger partial charge on any atom is 0.00893 e. The number of unbranched alkanes of at least 4 members (excludes halogenated alkanes) is 9. The van der Waals surface area contributed by atoms with Gasteiger partial charge in [0, 0.05) is 6.04 Å². The van der Waals surface area contributed by atoms with Gasteiger partial charge in [-0.1, -0.05) is 97.3 Å². The molecule has 0 bridgehead atoms. The van der Waals surface area contributed by atoms with Gasteiger partial charge in [0.05, 0.1) is 0 Å². The van der Waals surface area contributed by atoms with Gasteiger partial charge in [0.15, 0.2) is 0 Å². The minimum absolute atomic E-state index is 0.857. The second-order valence-corrected chi connectivity index (χ2v) is 9.05. The molecule has 0 aromatic rings. The van der Waals surface area contributed by atoms with Gasteiger partial charge in [-0.3, -0.25) is 0 Å². The van der Waals surface area contributed by atoms with Crippen LogP contribution < -0.4 is 0 Å². The van der Waals surface area contributed by atoms with E-state index in [0.717, 1.165) is 17.9 Å². The normalized spacial score (nSPS) is 22.4. The minimum Gasteiger partial charge on any atom is -0.306 e. The third kappa shape index (κ3) is 10.6. The van der Waals surface area contributed by atoms with E-state index in [1.54, 1.807) is 0 Å². The number of hydrogen-bond donors (Lipinski definition) is 0. The van der Waals surface area contributed by atoms with Crippen molar-refractivity contribution in [3.8, 4) is 0 Å². The monoisotopic (exact) mass is 351 g/mol. The van der Waals surface area contributed by atoms with Crippen molar-refractivity contribution in [3.63, 3.8) is 0 Å². The molecule has 1 aliphatic carbocycles. The molecule has 1 atom stereocenters. The van der Waals surface area contributed by atoms with Crippen molar-refractivity contribution in [2.45, 2.75) is 129 Å². The summed E-state index contributed by atoms with van der Waals surface area (Å²) in [6.07, 6.45) is 24.9. The van der Waals surface area contributed by atoms with Gasteiger partial charge in [0.1, 0.15) is 0 Å². The van der Waals surface area contributed by atoms with Crippen molar-refractivity contribution in [1.82, 2.24) is 4.90 Å². The Balaban J connectivity index is 2.31. The molecule has 0 aromatic carbocycles. The van der Waals surface area contributed by atoms with Crippen LogP contribution in [0, 0.1) is 11.8 Å². The van der Waals surface area contributed by atoms with Gasteiger partial charge in [-0.25, -0.2) is 0 Å². The van der Waals surface area contributed by atoms with Crippen LogP contribution in [0.1, 0.15) is 123 Å². The van der Waals surface area contributed by atoms with Crippen molar-refractivity contribution in [3.05, 3.63) is 0 Å². The van der Waals surface area contributed by atoms with E-state index < -0.39 is 0 Å². The Bertz CT molecular complexity index is 278. The molecule has 1 saturated carbocycles.